The van der Waals surface area contributed by atoms with Gasteiger partial charge < -0.3 is 20.1 Å². The molecule has 0 aliphatic rings. The molecule has 0 saturated carbocycles. The van der Waals surface area contributed by atoms with Crippen LogP contribution >= 0.6 is 0 Å². The van der Waals surface area contributed by atoms with Crippen LogP contribution in [0.4, 0.5) is 17.3 Å². The quantitative estimate of drug-likeness (QED) is 0.345. The van der Waals surface area contributed by atoms with Gasteiger partial charge in [-0.1, -0.05) is 24.3 Å². The molecule has 1 aromatic heterocycles. The molecule has 0 bridgehead atoms. The van der Waals surface area contributed by atoms with Crippen molar-refractivity contribution in [1.29, 1.82) is 0 Å². The van der Waals surface area contributed by atoms with Gasteiger partial charge in [-0.15, -0.1) is 0 Å². The van der Waals surface area contributed by atoms with Gasteiger partial charge in [-0.3, -0.25) is 10.1 Å². The van der Waals surface area contributed by atoms with E-state index in [4.69, 9.17) is 9.47 Å². The van der Waals surface area contributed by atoms with Crippen molar-refractivity contribution in [3.8, 4) is 11.5 Å². The number of rotatable bonds is 11. The lowest BCUT2D eigenvalue weighted by Crippen LogP contribution is -2.10. The largest absolute Gasteiger partial charge is 0.494 e. The zero-order valence-electron chi connectivity index (χ0n) is 17.5. The fraction of sp³-hybridized carbons (Fsp3) is 0.273. The smallest absolute Gasteiger partial charge is 0.353 e. The highest BCUT2D eigenvalue weighted by Crippen LogP contribution is 2.30. The van der Waals surface area contributed by atoms with E-state index in [0.29, 0.717) is 26.3 Å². The Labute approximate surface area is 180 Å². The number of hydrogen-bond donors (Lipinski definition) is 2. The molecule has 1 heterocycles. The van der Waals surface area contributed by atoms with Gasteiger partial charge in [0, 0.05) is 13.1 Å². The predicted octanol–water partition coefficient (Wildman–Crippen LogP) is 4.41. The Kier molecular flexibility index (Phi) is 7.58. The van der Waals surface area contributed by atoms with Gasteiger partial charge in [0.15, 0.2) is 0 Å². The molecule has 9 heteroatoms. The fourth-order valence-corrected chi connectivity index (χ4v) is 2.96. The molecule has 0 amide bonds. The summed E-state index contributed by atoms with van der Waals surface area (Å²) in [7, 11) is 0. The Bertz CT molecular complexity index is 1010. The second kappa shape index (κ2) is 10.8. The summed E-state index contributed by atoms with van der Waals surface area (Å²) in [6, 6.07) is 15.0. The van der Waals surface area contributed by atoms with Gasteiger partial charge in [0.1, 0.15) is 17.8 Å². The maximum atomic E-state index is 11.7. The molecular weight excluding hydrogens is 398 g/mol. The Balaban J connectivity index is 1.71. The summed E-state index contributed by atoms with van der Waals surface area (Å²) < 4.78 is 10.9. The van der Waals surface area contributed by atoms with Crippen LogP contribution in [0.2, 0.25) is 0 Å². The number of anilines is 2. The Morgan fingerprint density at radius 3 is 2.10 bits per heavy atom. The first-order chi connectivity index (χ1) is 15.1. The molecule has 9 nitrogen and oxygen atoms in total. The van der Waals surface area contributed by atoms with Crippen molar-refractivity contribution in [2.45, 2.75) is 26.9 Å². The van der Waals surface area contributed by atoms with Crippen LogP contribution in [0, 0.1) is 10.1 Å². The van der Waals surface area contributed by atoms with E-state index in [1.54, 1.807) is 0 Å². The number of aromatic nitrogens is 2. The lowest BCUT2D eigenvalue weighted by Gasteiger charge is -2.11. The van der Waals surface area contributed by atoms with Gasteiger partial charge in [-0.05, 0) is 49.2 Å². The van der Waals surface area contributed by atoms with Crippen molar-refractivity contribution in [2.24, 2.45) is 0 Å². The predicted molar refractivity (Wildman–Crippen MR) is 119 cm³/mol. The average molecular weight is 423 g/mol. The highest BCUT2D eigenvalue weighted by molar-refractivity contribution is 5.69. The summed E-state index contributed by atoms with van der Waals surface area (Å²) in [5, 5.41) is 17.8. The summed E-state index contributed by atoms with van der Waals surface area (Å²) >= 11 is 0. The molecule has 0 fully saturated rings. The maximum absolute atomic E-state index is 11.7. The van der Waals surface area contributed by atoms with Crippen molar-refractivity contribution >= 4 is 17.3 Å². The van der Waals surface area contributed by atoms with Crippen molar-refractivity contribution < 1.29 is 14.4 Å². The minimum Gasteiger partial charge on any atom is -0.494 e. The lowest BCUT2D eigenvalue weighted by molar-refractivity contribution is -0.383. The van der Waals surface area contributed by atoms with Crippen molar-refractivity contribution in [3.05, 3.63) is 76.1 Å². The third-order valence-corrected chi connectivity index (χ3v) is 4.37. The topological polar surface area (TPSA) is 111 Å². The van der Waals surface area contributed by atoms with Crippen molar-refractivity contribution in [2.75, 3.05) is 23.8 Å². The summed E-state index contributed by atoms with van der Waals surface area (Å²) in [4.78, 5) is 19.4. The minimum absolute atomic E-state index is 0.149. The van der Waals surface area contributed by atoms with Crippen LogP contribution in [0.5, 0.6) is 11.5 Å². The van der Waals surface area contributed by atoms with E-state index in [2.05, 4.69) is 20.6 Å². The van der Waals surface area contributed by atoms with Gasteiger partial charge in [0.05, 0.1) is 18.1 Å². The summed E-state index contributed by atoms with van der Waals surface area (Å²) in [6.07, 6.45) is 1.30. The first-order valence-electron chi connectivity index (χ1n) is 10.0. The van der Waals surface area contributed by atoms with Crippen molar-refractivity contribution in [3.63, 3.8) is 0 Å². The lowest BCUT2D eigenvalue weighted by atomic mass is 10.2. The van der Waals surface area contributed by atoms with Gasteiger partial charge in [0.2, 0.25) is 11.6 Å². The maximum Gasteiger partial charge on any atom is 0.353 e. The molecule has 3 aromatic rings. The van der Waals surface area contributed by atoms with E-state index < -0.39 is 4.92 Å². The molecule has 0 saturated heterocycles. The molecule has 2 N–H and O–H groups in total. The molecule has 0 atom stereocenters. The molecule has 31 heavy (non-hydrogen) atoms. The summed E-state index contributed by atoms with van der Waals surface area (Å²) in [5.41, 5.74) is 1.66. The van der Waals surface area contributed by atoms with Crippen molar-refractivity contribution in [1.82, 2.24) is 9.97 Å². The Morgan fingerprint density at radius 1 is 0.871 bits per heavy atom. The Hall–Kier alpha value is -3.88. The van der Waals surface area contributed by atoms with E-state index >= 15 is 0 Å². The number of ether oxygens (including phenoxy) is 2. The van der Waals surface area contributed by atoms with E-state index in [9.17, 15) is 10.1 Å². The van der Waals surface area contributed by atoms with Gasteiger partial charge in [-0.25, -0.2) is 9.97 Å². The first-order valence-corrected chi connectivity index (χ1v) is 10.0. The summed E-state index contributed by atoms with van der Waals surface area (Å²) in [6.45, 7) is 5.73. The minimum atomic E-state index is -0.487. The van der Waals surface area contributed by atoms with E-state index in [0.717, 1.165) is 22.6 Å². The molecule has 162 valence electrons. The Morgan fingerprint density at radius 2 is 1.48 bits per heavy atom. The van der Waals surface area contributed by atoms with Crippen LogP contribution in [0.15, 0.2) is 54.9 Å². The van der Waals surface area contributed by atoms with Gasteiger partial charge >= 0.3 is 5.69 Å². The van der Waals surface area contributed by atoms with E-state index in [1.165, 1.54) is 6.33 Å². The normalized spacial score (nSPS) is 10.4. The van der Waals surface area contributed by atoms with Crippen LogP contribution in [0.25, 0.3) is 0 Å². The molecule has 0 aliphatic carbocycles. The second-order valence-corrected chi connectivity index (χ2v) is 6.54. The molecule has 2 aromatic carbocycles. The third-order valence-electron chi connectivity index (χ3n) is 4.37. The van der Waals surface area contributed by atoms with E-state index in [-0.39, 0.29) is 17.3 Å². The molecule has 0 aliphatic heterocycles. The molecule has 0 spiro atoms. The fourth-order valence-electron chi connectivity index (χ4n) is 2.96. The second-order valence-electron chi connectivity index (χ2n) is 6.54. The zero-order valence-corrected chi connectivity index (χ0v) is 17.5. The van der Waals surface area contributed by atoms with Crippen LogP contribution < -0.4 is 20.1 Å². The molecule has 0 radical (unpaired) electrons. The average Bonchev–Trinajstić information content (AvgIpc) is 2.78. The zero-order chi connectivity index (χ0) is 22.1. The number of nitro groups is 1. The number of nitrogens with one attached hydrogen (secondary N) is 2. The SMILES string of the molecule is CCOc1ccc(CNc2ncnc(NCc3cccc(OCC)c3)c2[N+](=O)[O-])cc1. The standard InChI is InChI=1S/C22H25N5O4/c1-3-30-18-10-8-16(9-11-18)13-23-21-20(27(28)29)22(26-15-25-21)24-14-17-6-5-7-19(12-17)31-4-2/h5-12,15H,3-4,13-14H2,1-2H3,(H2,23,24,25,26). The van der Waals surface area contributed by atoms with Crippen LogP contribution in [-0.4, -0.2) is 28.1 Å². The molecule has 0 unspecified atom stereocenters. The number of hydrogen-bond acceptors (Lipinski definition) is 8. The molecular formula is C22H25N5O4. The number of nitrogens with zero attached hydrogens (tertiary/aromatic N) is 3. The van der Waals surface area contributed by atoms with Gasteiger partial charge in [0.25, 0.3) is 0 Å². The highest BCUT2D eigenvalue weighted by Gasteiger charge is 2.22. The van der Waals surface area contributed by atoms with Crippen LogP contribution in [0.3, 0.4) is 0 Å². The van der Waals surface area contributed by atoms with Crippen LogP contribution in [-0.2, 0) is 13.1 Å². The number of benzene rings is 2. The first kappa shape index (κ1) is 21.8. The summed E-state index contributed by atoms with van der Waals surface area (Å²) in [5.74, 6) is 1.83. The highest BCUT2D eigenvalue weighted by atomic mass is 16.6. The van der Waals surface area contributed by atoms with Crippen LogP contribution in [0.1, 0.15) is 25.0 Å². The third kappa shape index (κ3) is 6.05. The van der Waals surface area contributed by atoms with Gasteiger partial charge in [-0.2, -0.15) is 0 Å². The molecule has 3 rings (SSSR count). The monoisotopic (exact) mass is 423 g/mol. The van der Waals surface area contributed by atoms with E-state index in [1.807, 2.05) is 62.4 Å².